The molecule has 1 unspecified atom stereocenters. The van der Waals surface area contributed by atoms with Gasteiger partial charge in [-0.15, -0.1) is 11.3 Å². The van der Waals surface area contributed by atoms with Gasteiger partial charge in [0.25, 0.3) is 0 Å². The molecule has 0 aliphatic carbocycles. The number of benzene rings is 1. The molecular formula is C16H22N2S. The molecule has 1 heterocycles. The van der Waals surface area contributed by atoms with Crippen LogP contribution in [-0.4, -0.2) is 0 Å². The summed E-state index contributed by atoms with van der Waals surface area (Å²) in [5, 5.41) is 0. The van der Waals surface area contributed by atoms with E-state index in [1.165, 1.54) is 32.0 Å². The fourth-order valence-electron chi connectivity index (χ4n) is 2.62. The average molecular weight is 274 g/mol. The van der Waals surface area contributed by atoms with Gasteiger partial charge in [0.1, 0.15) is 0 Å². The van der Waals surface area contributed by atoms with E-state index in [-0.39, 0.29) is 6.04 Å². The molecule has 3 heteroatoms. The minimum Gasteiger partial charge on any atom is -0.271 e. The van der Waals surface area contributed by atoms with Gasteiger partial charge in [0.2, 0.25) is 0 Å². The lowest BCUT2D eigenvalue weighted by Crippen LogP contribution is -2.29. The Balaban J connectivity index is 2.28. The Morgan fingerprint density at radius 1 is 1.11 bits per heavy atom. The van der Waals surface area contributed by atoms with Gasteiger partial charge in [-0.25, -0.2) is 0 Å². The maximum absolute atomic E-state index is 5.75. The molecule has 1 atom stereocenters. The van der Waals surface area contributed by atoms with Gasteiger partial charge in [-0.1, -0.05) is 17.7 Å². The van der Waals surface area contributed by atoms with Gasteiger partial charge in [-0.2, -0.15) is 0 Å². The molecule has 0 amide bonds. The van der Waals surface area contributed by atoms with Crippen LogP contribution in [0.1, 0.15) is 38.0 Å². The van der Waals surface area contributed by atoms with E-state index in [1.54, 1.807) is 0 Å². The largest absolute Gasteiger partial charge is 0.271 e. The number of hydrogen-bond acceptors (Lipinski definition) is 3. The van der Waals surface area contributed by atoms with Gasteiger partial charge >= 0.3 is 0 Å². The third-order valence-corrected chi connectivity index (χ3v) is 4.67. The number of rotatable bonds is 4. The first kappa shape index (κ1) is 14.3. The predicted molar refractivity (Wildman–Crippen MR) is 83.5 cm³/mol. The molecule has 0 saturated heterocycles. The number of nitrogens with one attached hydrogen (secondary N) is 1. The van der Waals surface area contributed by atoms with Crippen molar-refractivity contribution in [2.45, 2.75) is 40.2 Å². The van der Waals surface area contributed by atoms with Gasteiger partial charge in [-0.3, -0.25) is 11.3 Å². The third-order valence-electron chi connectivity index (χ3n) is 3.55. The summed E-state index contributed by atoms with van der Waals surface area (Å²) in [6, 6.07) is 9.01. The molecule has 0 fully saturated rings. The monoisotopic (exact) mass is 274 g/mol. The second-order valence-electron chi connectivity index (χ2n) is 5.25. The summed E-state index contributed by atoms with van der Waals surface area (Å²) in [5.74, 6) is 5.75. The van der Waals surface area contributed by atoms with E-state index in [2.05, 4.69) is 57.4 Å². The van der Waals surface area contributed by atoms with Crippen molar-refractivity contribution in [1.82, 2.24) is 5.43 Å². The Kier molecular flexibility index (Phi) is 4.40. The zero-order valence-electron chi connectivity index (χ0n) is 12.1. The van der Waals surface area contributed by atoms with Crippen LogP contribution in [0.3, 0.4) is 0 Å². The maximum Gasteiger partial charge on any atom is 0.0593 e. The molecule has 0 spiro atoms. The smallest absolute Gasteiger partial charge is 0.0593 e. The second-order valence-corrected chi connectivity index (χ2v) is 6.57. The summed E-state index contributed by atoms with van der Waals surface area (Å²) >= 11 is 1.81. The number of nitrogens with two attached hydrogens (primary N) is 1. The Morgan fingerprint density at radius 3 is 2.21 bits per heavy atom. The molecule has 19 heavy (non-hydrogen) atoms. The quantitative estimate of drug-likeness (QED) is 0.658. The normalized spacial score (nSPS) is 12.7. The van der Waals surface area contributed by atoms with Crippen LogP contribution in [0, 0.1) is 27.7 Å². The first-order chi connectivity index (χ1) is 9.01. The minimum atomic E-state index is 0.193. The fourth-order valence-corrected chi connectivity index (χ4v) is 3.56. The summed E-state index contributed by atoms with van der Waals surface area (Å²) in [6.07, 6.45) is 0.939. The zero-order valence-corrected chi connectivity index (χ0v) is 12.9. The van der Waals surface area contributed by atoms with E-state index < -0.39 is 0 Å². The summed E-state index contributed by atoms with van der Waals surface area (Å²) in [4.78, 5) is 2.63. The third kappa shape index (κ3) is 3.24. The lowest BCUT2D eigenvalue weighted by Gasteiger charge is -2.18. The van der Waals surface area contributed by atoms with Crippen LogP contribution < -0.4 is 11.3 Å². The molecule has 2 aromatic rings. The summed E-state index contributed by atoms with van der Waals surface area (Å²) in [5.41, 5.74) is 8.39. The van der Waals surface area contributed by atoms with Crippen molar-refractivity contribution in [2.24, 2.45) is 5.84 Å². The van der Waals surface area contributed by atoms with Crippen molar-refractivity contribution in [3.63, 3.8) is 0 Å². The Labute approximate surface area is 119 Å². The van der Waals surface area contributed by atoms with Crippen LogP contribution in [-0.2, 0) is 6.42 Å². The highest BCUT2D eigenvalue weighted by Crippen LogP contribution is 2.28. The summed E-state index contributed by atoms with van der Waals surface area (Å²) in [6.45, 7) is 8.64. The van der Waals surface area contributed by atoms with Crippen LogP contribution in [0.5, 0.6) is 0 Å². The summed E-state index contributed by atoms with van der Waals surface area (Å²) < 4.78 is 0. The first-order valence-corrected chi connectivity index (χ1v) is 7.42. The first-order valence-electron chi connectivity index (χ1n) is 6.60. The molecule has 0 saturated carbocycles. The molecule has 0 aliphatic heterocycles. The zero-order chi connectivity index (χ0) is 14.0. The average Bonchev–Trinajstić information content (AvgIpc) is 2.75. The minimum absolute atomic E-state index is 0.193. The Morgan fingerprint density at radius 2 is 1.74 bits per heavy atom. The Hall–Kier alpha value is -1.16. The van der Waals surface area contributed by atoms with E-state index in [1.807, 2.05) is 11.3 Å². The van der Waals surface area contributed by atoms with E-state index in [4.69, 9.17) is 5.84 Å². The molecule has 1 aromatic carbocycles. The van der Waals surface area contributed by atoms with Crippen molar-refractivity contribution in [3.05, 3.63) is 56.3 Å². The van der Waals surface area contributed by atoms with E-state index >= 15 is 0 Å². The van der Waals surface area contributed by atoms with Crippen molar-refractivity contribution >= 4 is 11.3 Å². The molecule has 102 valence electrons. The van der Waals surface area contributed by atoms with Crippen LogP contribution in [0.4, 0.5) is 0 Å². The molecule has 2 rings (SSSR count). The topological polar surface area (TPSA) is 38.0 Å². The second kappa shape index (κ2) is 5.87. The van der Waals surface area contributed by atoms with E-state index in [9.17, 15) is 0 Å². The maximum atomic E-state index is 5.75. The molecular weight excluding hydrogens is 252 g/mol. The van der Waals surface area contributed by atoms with Crippen LogP contribution in [0.25, 0.3) is 0 Å². The summed E-state index contributed by atoms with van der Waals surface area (Å²) in [7, 11) is 0. The molecule has 0 bridgehead atoms. The highest BCUT2D eigenvalue weighted by molar-refractivity contribution is 7.12. The van der Waals surface area contributed by atoms with Crippen LogP contribution >= 0.6 is 11.3 Å². The molecule has 3 N–H and O–H groups in total. The highest BCUT2D eigenvalue weighted by Gasteiger charge is 2.15. The van der Waals surface area contributed by atoms with E-state index in [0.29, 0.717) is 0 Å². The number of hydrazine groups is 1. The number of hydrogen-bond donors (Lipinski definition) is 2. The van der Waals surface area contributed by atoms with E-state index in [0.717, 1.165) is 6.42 Å². The molecule has 1 aromatic heterocycles. The highest BCUT2D eigenvalue weighted by atomic mass is 32.1. The SMILES string of the molecule is Cc1cc(C)c(CC(NN)c2ccc(C)s2)c(C)c1. The van der Waals surface area contributed by atoms with Gasteiger partial charge in [0.05, 0.1) is 6.04 Å². The van der Waals surface area contributed by atoms with Crippen LogP contribution in [0.2, 0.25) is 0 Å². The fraction of sp³-hybridized carbons (Fsp3) is 0.375. The molecule has 0 radical (unpaired) electrons. The molecule has 0 aliphatic rings. The van der Waals surface area contributed by atoms with Crippen molar-refractivity contribution in [2.75, 3.05) is 0 Å². The molecule has 2 nitrogen and oxygen atoms in total. The van der Waals surface area contributed by atoms with Gasteiger partial charge < -0.3 is 0 Å². The standard InChI is InChI=1S/C16H22N2S/c1-10-7-11(2)14(12(3)8-10)9-15(18-17)16-6-5-13(4)19-16/h5-8,15,18H,9,17H2,1-4H3. The van der Waals surface area contributed by atoms with Gasteiger partial charge in [0, 0.05) is 9.75 Å². The Bertz CT molecular complexity index is 549. The van der Waals surface area contributed by atoms with Gasteiger partial charge in [-0.05, 0) is 62.9 Å². The van der Waals surface area contributed by atoms with Gasteiger partial charge in [0.15, 0.2) is 0 Å². The van der Waals surface area contributed by atoms with Crippen molar-refractivity contribution in [1.29, 1.82) is 0 Å². The predicted octanol–water partition coefficient (Wildman–Crippen LogP) is 3.73. The lowest BCUT2D eigenvalue weighted by atomic mass is 9.94. The lowest BCUT2D eigenvalue weighted by molar-refractivity contribution is 0.558. The van der Waals surface area contributed by atoms with Crippen LogP contribution in [0.15, 0.2) is 24.3 Å². The number of thiophene rings is 1. The van der Waals surface area contributed by atoms with Crippen molar-refractivity contribution in [3.8, 4) is 0 Å². The number of aryl methyl sites for hydroxylation is 4. The van der Waals surface area contributed by atoms with Crippen molar-refractivity contribution < 1.29 is 0 Å².